The molecule has 6 heteroatoms. The van der Waals surface area contributed by atoms with Crippen LogP contribution in [0.25, 0.3) is 0 Å². The zero-order valence-corrected chi connectivity index (χ0v) is 51.0. The molecule has 76 heavy (non-hydrogen) atoms. The van der Waals surface area contributed by atoms with E-state index in [1.165, 1.54) is 250 Å². The molecule has 444 valence electrons. The van der Waals surface area contributed by atoms with E-state index in [9.17, 15) is 14.4 Å². The fourth-order valence-corrected chi connectivity index (χ4v) is 10.1. The van der Waals surface area contributed by atoms with Gasteiger partial charge >= 0.3 is 17.9 Å². The van der Waals surface area contributed by atoms with E-state index in [0.717, 1.165) is 64.2 Å². The topological polar surface area (TPSA) is 78.9 Å². The Hall–Kier alpha value is -2.63. The molecule has 6 nitrogen and oxygen atoms in total. The highest BCUT2D eigenvalue weighted by Gasteiger charge is 2.19. The maximum absolute atomic E-state index is 12.9. The van der Waals surface area contributed by atoms with Crippen molar-refractivity contribution >= 4 is 17.9 Å². The first-order chi connectivity index (χ1) is 37.5. The molecule has 0 aromatic carbocycles. The molecule has 0 N–H and O–H groups in total. The molecule has 0 aliphatic rings. The van der Waals surface area contributed by atoms with E-state index in [-0.39, 0.29) is 37.5 Å². The van der Waals surface area contributed by atoms with Crippen molar-refractivity contribution < 1.29 is 28.6 Å². The number of hydrogen-bond donors (Lipinski definition) is 0. The molecule has 0 bridgehead atoms. The molecule has 0 saturated heterocycles. The summed E-state index contributed by atoms with van der Waals surface area (Å²) in [5.74, 6) is -0.951. The van der Waals surface area contributed by atoms with Gasteiger partial charge in [0.25, 0.3) is 0 Å². The van der Waals surface area contributed by atoms with Gasteiger partial charge in [0, 0.05) is 19.3 Å². The number of unbranched alkanes of at least 4 members (excludes halogenated alkanes) is 43. The van der Waals surface area contributed by atoms with Crippen molar-refractivity contribution in [3.8, 4) is 0 Å². The minimum absolute atomic E-state index is 0.0899. The zero-order chi connectivity index (χ0) is 55.0. The van der Waals surface area contributed by atoms with Crippen molar-refractivity contribution in [1.82, 2.24) is 0 Å². The highest BCUT2D eigenvalue weighted by molar-refractivity contribution is 5.71. The molecule has 0 saturated carbocycles. The minimum Gasteiger partial charge on any atom is -0.462 e. The maximum Gasteiger partial charge on any atom is 0.306 e. The van der Waals surface area contributed by atoms with Gasteiger partial charge < -0.3 is 14.2 Å². The number of ether oxygens (including phenoxy) is 3. The second kappa shape index (κ2) is 64.9. The van der Waals surface area contributed by atoms with E-state index in [1.807, 2.05) is 6.08 Å². The molecule has 0 amide bonds. The third kappa shape index (κ3) is 62.2. The van der Waals surface area contributed by atoms with E-state index in [1.54, 1.807) is 0 Å². The Kier molecular flexibility index (Phi) is 62.6. The third-order valence-corrected chi connectivity index (χ3v) is 15.1. The Morgan fingerprint density at radius 2 is 0.513 bits per heavy atom. The molecule has 1 atom stereocenters. The van der Waals surface area contributed by atoms with Crippen molar-refractivity contribution in [2.75, 3.05) is 13.2 Å². The van der Waals surface area contributed by atoms with Gasteiger partial charge in [-0.3, -0.25) is 14.4 Å². The fraction of sp³-hybridized carbons (Fsp3) is 0.843. The van der Waals surface area contributed by atoms with Crippen LogP contribution in [0.4, 0.5) is 0 Å². The molecule has 0 radical (unpaired) electrons. The van der Waals surface area contributed by atoms with Crippen LogP contribution < -0.4 is 0 Å². The van der Waals surface area contributed by atoms with Gasteiger partial charge in [0.05, 0.1) is 0 Å². The zero-order valence-electron chi connectivity index (χ0n) is 51.0. The van der Waals surface area contributed by atoms with Crippen LogP contribution in [0.1, 0.15) is 361 Å². The van der Waals surface area contributed by atoms with E-state index >= 15 is 0 Å². The molecular formula is C70H128O6. The van der Waals surface area contributed by atoms with Crippen molar-refractivity contribution in [2.24, 2.45) is 0 Å². The number of carbonyl (C=O) groups excluding carboxylic acids is 3. The van der Waals surface area contributed by atoms with Gasteiger partial charge in [0.2, 0.25) is 0 Å². The standard InChI is InChI=1S/C70H128O6/c1-4-7-10-13-16-19-22-25-27-29-31-32-33-34-35-36-37-39-40-42-45-48-51-54-57-60-63-69(72)75-66-67(65-74-68(71)62-59-56-53-50-47-44-24-21-18-15-12-9-6-3)76-70(73)64-61-58-55-52-49-46-43-41-38-30-28-26-23-20-17-14-11-8-5-2/h9,12,18,21,44,47,53,56,67H,4-8,10-11,13-17,19-20,22-43,45-46,48-52,54-55,57-66H2,1-3H3/b12-9-,21-18-,47-44-,56-53-. The lowest BCUT2D eigenvalue weighted by atomic mass is 10.0. The predicted molar refractivity (Wildman–Crippen MR) is 330 cm³/mol. The summed E-state index contributed by atoms with van der Waals surface area (Å²) < 4.78 is 16.9. The summed E-state index contributed by atoms with van der Waals surface area (Å²) in [4.78, 5) is 38.3. The molecule has 0 spiro atoms. The Balaban J connectivity index is 4.25. The fourth-order valence-electron chi connectivity index (χ4n) is 10.1. The first kappa shape index (κ1) is 73.4. The second-order valence-electron chi connectivity index (χ2n) is 22.7. The Bertz CT molecular complexity index is 1310. The van der Waals surface area contributed by atoms with E-state index in [0.29, 0.717) is 19.3 Å². The summed E-state index contributed by atoms with van der Waals surface area (Å²) in [5, 5.41) is 0. The van der Waals surface area contributed by atoms with Crippen molar-refractivity contribution in [3.05, 3.63) is 48.6 Å². The smallest absolute Gasteiger partial charge is 0.306 e. The molecule has 0 rings (SSSR count). The van der Waals surface area contributed by atoms with E-state index in [2.05, 4.69) is 63.3 Å². The minimum atomic E-state index is -0.799. The lowest BCUT2D eigenvalue weighted by molar-refractivity contribution is -0.166. The van der Waals surface area contributed by atoms with Crippen LogP contribution in [0.5, 0.6) is 0 Å². The highest BCUT2D eigenvalue weighted by atomic mass is 16.6. The number of hydrogen-bond acceptors (Lipinski definition) is 6. The predicted octanol–water partition coefficient (Wildman–Crippen LogP) is 22.9. The SMILES string of the molecule is CC/C=C\C/C=C\C/C=C\C/C=C\CCC(=O)OCC(COC(=O)CCCCCCCCCCCCCCCCCCCCCCCCCCCC)OC(=O)CCCCCCCCCCCCCCCCCCCCC. The number of rotatable bonds is 62. The number of carbonyl (C=O) groups is 3. The molecule has 1 unspecified atom stereocenters. The van der Waals surface area contributed by atoms with Gasteiger partial charge in [0.15, 0.2) is 6.10 Å². The molecule has 0 aliphatic carbocycles. The number of esters is 3. The van der Waals surface area contributed by atoms with Crippen molar-refractivity contribution in [2.45, 2.75) is 367 Å². The van der Waals surface area contributed by atoms with E-state index < -0.39 is 6.10 Å². The summed E-state index contributed by atoms with van der Waals surface area (Å²) in [7, 11) is 0. The van der Waals surface area contributed by atoms with Crippen LogP contribution in [-0.4, -0.2) is 37.2 Å². The first-order valence-electron chi connectivity index (χ1n) is 33.6. The first-order valence-corrected chi connectivity index (χ1v) is 33.6. The Morgan fingerprint density at radius 3 is 0.803 bits per heavy atom. The summed E-state index contributed by atoms with van der Waals surface area (Å²) in [6.45, 7) is 6.53. The van der Waals surface area contributed by atoms with Crippen LogP contribution in [0, 0.1) is 0 Å². The Labute approximate surface area is 473 Å². The maximum atomic E-state index is 12.9. The summed E-state index contributed by atoms with van der Waals surface area (Å²) in [5.41, 5.74) is 0. The monoisotopic (exact) mass is 1060 g/mol. The van der Waals surface area contributed by atoms with Crippen LogP contribution in [0.15, 0.2) is 48.6 Å². The van der Waals surface area contributed by atoms with Crippen molar-refractivity contribution in [3.63, 3.8) is 0 Å². The van der Waals surface area contributed by atoms with Gasteiger partial charge in [-0.15, -0.1) is 0 Å². The summed E-state index contributed by atoms with van der Waals surface area (Å²) in [6, 6.07) is 0. The van der Waals surface area contributed by atoms with Crippen molar-refractivity contribution in [1.29, 1.82) is 0 Å². The van der Waals surface area contributed by atoms with Crippen LogP contribution >= 0.6 is 0 Å². The van der Waals surface area contributed by atoms with Gasteiger partial charge in [-0.2, -0.15) is 0 Å². The molecule has 0 aromatic heterocycles. The largest absolute Gasteiger partial charge is 0.462 e. The summed E-state index contributed by atoms with van der Waals surface area (Å²) >= 11 is 0. The lowest BCUT2D eigenvalue weighted by Gasteiger charge is -2.18. The van der Waals surface area contributed by atoms with Crippen LogP contribution in [0.2, 0.25) is 0 Å². The van der Waals surface area contributed by atoms with Crippen LogP contribution in [-0.2, 0) is 28.6 Å². The number of allylic oxidation sites excluding steroid dienone is 8. The molecule has 0 aromatic rings. The molecule has 0 heterocycles. The van der Waals surface area contributed by atoms with Gasteiger partial charge in [-0.05, 0) is 44.9 Å². The lowest BCUT2D eigenvalue weighted by Crippen LogP contribution is -2.30. The van der Waals surface area contributed by atoms with Gasteiger partial charge in [0.1, 0.15) is 13.2 Å². The normalized spacial score (nSPS) is 12.3. The quantitative estimate of drug-likeness (QED) is 0.0261. The third-order valence-electron chi connectivity index (χ3n) is 15.1. The average Bonchev–Trinajstić information content (AvgIpc) is 3.42. The Morgan fingerprint density at radius 1 is 0.276 bits per heavy atom. The molecule has 0 fully saturated rings. The van der Waals surface area contributed by atoms with Gasteiger partial charge in [-0.25, -0.2) is 0 Å². The molecule has 0 aliphatic heterocycles. The summed E-state index contributed by atoms with van der Waals surface area (Å²) in [6.07, 6.45) is 81.6. The average molecular weight is 1070 g/mol. The van der Waals surface area contributed by atoms with Gasteiger partial charge in [-0.1, -0.05) is 345 Å². The van der Waals surface area contributed by atoms with E-state index in [4.69, 9.17) is 14.2 Å². The van der Waals surface area contributed by atoms with Crippen LogP contribution in [0.3, 0.4) is 0 Å². The second-order valence-corrected chi connectivity index (χ2v) is 22.7. The molecular weight excluding hydrogens is 937 g/mol. The highest BCUT2D eigenvalue weighted by Crippen LogP contribution is 2.18.